The second-order valence-corrected chi connectivity index (χ2v) is 19.2. The number of ether oxygens (including phenoxy) is 1. The SMILES string of the molecule is CC(C)(C)c1ccnc(-n2c3ccc(-c4ccccc4)cc3c3ccc(Oc4cccc(-n5[c-][n+](-c6cccc(C(C)(C)c7ccccc7)c6)c(C(C)(C)c6ccccc6)c5)c4)cc32)c1. The number of hydrogen-bond donors (Lipinski definition) is 0. The lowest BCUT2D eigenvalue weighted by Crippen LogP contribution is -2.40. The highest BCUT2D eigenvalue weighted by atomic mass is 16.5. The molecule has 3 heterocycles. The van der Waals surface area contributed by atoms with E-state index in [9.17, 15) is 0 Å². The van der Waals surface area contributed by atoms with Crippen LogP contribution in [0.25, 0.3) is 50.1 Å². The molecule has 5 nitrogen and oxygen atoms in total. The molecule has 320 valence electrons. The minimum absolute atomic E-state index is 0.0337. The highest BCUT2D eigenvalue weighted by molar-refractivity contribution is 6.10. The van der Waals surface area contributed by atoms with E-state index in [1.54, 1.807) is 0 Å². The molecule has 0 fully saturated rings. The van der Waals surface area contributed by atoms with Crippen molar-refractivity contribution in [1.82, 2.24) is 14.1 Å². The first kappa shape index (κ1) is 41.5. The quantitative estimate of drug-likeness (QED) is 0.102. The van der Waals surface area contributed by atoms with Gasteiger partial charge in [-0.05, 0) is 106 Å². The molecule has 0 unspecified atom stereocenters. The molecule has 0 saturated heterocycles. The van der Waals surface area contributed by atoms with Gasteiger partial charge in [0.1, 0.15) is 17.3 Å². The van der Waals surface area contributed by atoms with E-state index in [-0.39, 0.29) is 16.2 Å². The Morgan fingerprint density at radius 3 is 1.88 bits per heavy atom. The van der Waals surface area contributed by atoms with Gasteiger partial charge in [0, 0.05) is 40.1 Å². The Morgan fingerprint density at radius 1 is 0.492 bits per heavy atom. The first-order valence-electron chi connectivity index (χ1n) is 22.5. The van der Waals surface area contributed by atoms with Crippen LogP contribution in [0.5, 0.6) is 11.5 Å². The van der Waals surface area contributed by atoms with Crippen LogP contribution in [0, 0.1) is 6.33 Å². The first-order valence-corrected chi connectivity index (χ1v) is 22.5. The summed E-state index contributed by atoms with van der Waals surface area (Å²) in [6, 6.07) is 66.7. The second-order valence-electron chi connectivity index (χ2n) is 19.2. The third kappa shape index (κ3) is 7.82. The molecule has 0 atom stereocenters. The van der Waals surface area contributed by atoms with Crippen LogP contribution >= 0.6 is 0 Å². The summed E-state index contributed by atoms with van der Waals surface area (Å²) in [7, 11) is 0. The van der Waals surface area contributed by atoms with E-state index in [1.807, 2.05) is 12.3 Å². The van der Waals surface area contributed by atoms with Gasteiger partial charge in [0.05, 0.1) is 28.1 Å². The molecule has 0 spiro atoms. The maximum Gasteiger partial charge on any atom is 0.269 e. The molecule has 5 heteroatoms. The summed E-state index contributed by atoms with van der Waals surface area (Å²) in [6.07, 6.45) is 7.90. The average molecular weight is 847 g/mol. The zero-order valence-corrected chi connectivity index (χ0v) is 38.2. The monoisotopic (exact) mass is 846 g/mol. The topological polar surface area (TPSA) is 35.9 Å². The van der Waals surface area contributed by atoms with Crippen LogP contribution in [0.4, 0.5) is 0 Å². The van der Waals surface area contributed by atoms with E-state index < -0.39 is 0 Å². The van der Waals surface area contributed by atoms with Crippen molar-refractivity contribution in [2.75, 3.05) is 0 Å². The van der Waals surface area contributed by atoms with E-state index in [0.717, 1.165) is 56.2 Å². The summed E-state index contributed by atoms with van der Waals surface area (Å²) in [5.41, 5.74) is 12.0. The van der Waals surface area contributed by atoms with Gasteiger partial charge < -0.3 is 4.74 Å². The van der Waals surface area contributed by atoms with Crippen LogP contribution in [0.1, 0.15) is 76.4 Å². The minimum Gasteiger partial charge on any atom is -0.458 e. The van der Waals surface area contributed by atoms with Crippen LogP contribution in [0.15, 0.2) is 200 Å². The highest BCUT2D eigenvalue weighted by Crippen LogP contribution is 2.39. The zero-order valence-electron chi connectivity index (χ0n) is 38.2. The average Bonchev–Trinajstić information content (AvgIpc) is 3.93. The molecule has 0 aliphatic carbocycles. The molecule has 7 aromatic carbocycles. The third-order valence-corrected chi connectivity index (χ3v) is 13.2. The van der Waals surface area contributed by atoms with Crippen molar-refractivity contribution in [3.63, 3.8) is 0 Å². The molecule has 10 rings (SSSR count). The Hall–Kier alpha value is -7.50. The number of pyridine rings is 1. The Labute approximate surface area is 382 Å². The smallest absolute Gasteiger partial charge is 0.269 e. The molecule has 0 amide bonds. The van der Waals surface area contributed by atoms with E-state index in [0.29, 0.717) is 0 Å². The fraction of sp³-hybridized carbons (Fsp3) is 0.167. The van der Waals surface area contributed by atoms with Gasteiger partial charge in [0.15, 0.2) is 0 Å². The predicted molar refractivity (Wildman–Crippen MR) is 266 cm³/mol. The van der Waals surface area contributed by atoms with Crippen molar-refractivity contribution in [2.45, 2.75) is 64.7 Å². The van der Waals surface area contributed by atoms with Gasteiger partial charge in [-0.1, -0.05) is 164 Å². The van der Waals surface area contributed by atoms with Crippen LogP contribution in [-0.4, -0.2) is 14.1 Å². The van der Waals surface area contributed by atoms with E-state index in [2.05, 4.69) is 257 Å². The van der Waals surface area contributed by atoms with Gasteiger partial charge >= 0.3 is 0 Å². The number of benzene rings is 7. The van der Waals surface area contributed by atoms with Crippen LogP contribution in [0.2, 0.25) is 0 Å². The van der Waals surface area contributed by atoms with E-state index in [4.69, 9.17) is 9.72 Å². The van der Waals surface area contributed by atoms with Gasteiger partial charge in [-0.25, -0.2) is 4.98 Å². The van der Waals surface area contributed by atoms with Crippen molar-refractivity contribution in [1.29, 1.82) is 0 Å². The Bertz CT molecular complexity index is 3320. The maximum atomic E-state index is 6.79. The molecule has 0 bridgehead atoms. The van der Waals surface area contributed by atoms with Gasteiger partial charge in [-0.2, -0.15) is 0 Å². The Balaban J connectivity index is 1.06. The number of imidazole rings is 1. The normalized spacial score (nSPS) is 12.2. The lowest BCUT2D eigenvalue weighted by molar-refractivity contribution is -0.611. The Kier molecular flexibility index (Phi) is 10.4. The van der Waals surface area contributed by atoms with Gasteiger partial charge in [0.25, 0.3) is 6.33 Å². The largest absolute Gasteiger partial charge is 0.458 e. The molecule has 10 aromatic rings. The molecule has 3 aromatic heterocycles. The number of aromatic nitrogens is 4. The van der Waals surface area contributed by atoms with Crippen molar-refractivity contribution in [2.24, 2.45) is 0 Å². The van der Waals surface area contributed by atoms with Gasteiger partial charge in [-0.3, -0.25) is 13.7 Å². The van der Waals surface area contributed by atoms with Gasteiger partial charge in [-0.15, -0.1) is 0 Å². The molecule has 0 N–H and O–H groups in total. The summed E-state index contributed by atoms with van der Waals surface area (Å²) in [5.74, 6) is 2.35. The van der Waals surface area contributed by atoms with Crippen molar-refractivity contribution in [3.05, 3.63) is 235 Å². The fourth-order valence-corrected chi connectivity index (χ4v) is 9.16. The van der Waals surface area contributed by atoms with E-state index in [1.165, 1.54) is 33.4 Å². The minimum atomic E-state index is -0.348. The first-order chi connectivity index (χ1) is 31.3. The van der Waals surface area contributed by atoms with Gasteiger partial charge in [0.2, 0.25) is 0 Å². The maximum absolute atomic E-state index is 6.79. The molecule has 0 radical (unpaired) electrons. The molecule has 0 aliphatic heterocycles. The lowest BCUT2D eigenvalue weighted by atomic mass is 9.78. The summed E-state index contributed by atoms with van der Waals surface area (Å²) in [6.45, 7) is 15.9. The standard InChI is InChI=1S/C60H54N4O/c1-58(2,3)46-33-34-61-57(37-46)64-54-32-29-43(42-19-11-8-12-20-42)35-53(54)52-31-30-51(39-55(52)64)65-50-28-18-26-48(38-50)62-40-56(60(6,7)45-23-15-10-16-24-45)63(41-62)49-27-17-25-47(36-49)59(4,5)44-21-13-9-14-22-44/h8-40H,1-7H3. The second kappa shape index (κ2) is 16.2. The molecule has 0 aliphatic rings. The summed E-state index contributed by atoms with van der Waals surface area (Å²) in [5, 5.41) is 2.30. The molecular formula is C60H54N4O. The third-order valence-electron chi connectivity index (χ3n) is 13.2. The molecule has 0 saturated carbocycles. The van der Waals surface area contributed by atoms with Crippen LogP contribution in [-0.2, 0) is 16.2 Å². The van der Waals surface area contributed by atoms with Crippen molar-refractivity contribution >= 4 is 21.8 Å². The lowest BCUT2D eigenvalue weighted by Gasteiger charge is -2.29. The van der Waals surface area contributed by atoms with Crippen molar-refractivity contribution in [3.8, 4) is 39.8 Å². The predicted octanol–water partition coefficient (Wildman–Crippen LogP) is 14.5. The van der Waals surface area contributed by atoms with E-state index >= 15 is 0 Å². The summed E-state index contributed by atoms with van der Waals surface area (Å²) >= 11 is 0. The number of rotatable bonds is 10. The number of hydrogen-bond acceptors (Lipinski definition) is 2. The number of fused-ring (bicyclic) bond motifs is 3. The Morgan fingerprint density at radius 2 is 1.15 bits per heavy atom. The summed E-state index contributed by atoms with van der Waals surface area (Å²) in [4.78, 5) is 4.95. The van der Waals surface area contributed by atoms with Crippen LogP contribution < -0.4 is 9.30 Å². The zero-order chi connectivity index (χ0) is 44.9. The van der Waals surface area contributed by atoms with Crippen LogP contribution in [0.3, 0.4) is 0 Å². The van der Waals surface area contributed by atoms with Crippen molar-refractivity contribution < 1.29 is 9.30 Å². The highest BCUT2D eigenvalue weighted by Gasteiger charge is 2.30. The fourth-order valence-electron chi connectivity index (χ4n) is 9.16. The summed E-state index contributed by atoms with van der Waals surface area (Å²) < 4.78 is 13.4. The molecular weight excluding hydrogens is 793 g/mol. The molecule has 65 heavy (non-hydrogen) atoms. The number of nitrogens with zero attached hydrogens (tertiary/aromatic N) is 4.